The minimum Gasteiger partial charge on any atom is -0.466 e. The number of nitrogens with one attached hydrogen (secondary N) is 3. The molecule has 2 aliphatic rings. The molecule has 0 saturated carbocycles. The van der Waals surface area contributed by atoms with E-state index in [9.17, 15) is 28.8 Å². The second kappa shape index (κ2) is 17.8. The molecule has 13 heteroatoms. The molecule has 4 amide bonds. The quantitative estimate of drug-likeness (QED) is 0.119. The molecule has 2 aromatic rings. The van der Waals surface area contributed by atoms with Crippen LogP contribution >= 0.6 is 0 Å². The highest BCUT2D eigenvalue weighted by molar-refractivity contribution is 6.20. The Morgan fingerprint density at radius 2 is 1.71 bits per heavy atom. The predicted molar refractivity (Wildman–Crippen MR) is 182 cm³/mol. The Kier molecular flexibility index (Phi) is 13.6. The number of benzene rings is 1. The Bertz CT molecular complexity index is 1510. The van der Waals surface area contributed by atoms with Crippen molar-refractivity contribution >= 4 is 46.3 Å². The van der Waals surface area contributed by atoms with E-state index >= 15 is 0 Å². The van der Waals surface area contributed by atoms with Gasteiger partial charge in [0.05, 0.1) is 18.3 Å². The first-order valence-corrected chi connectivity index (χ1v) is 17.7. The lowest BCUT2D eigenvalue weighted by Crippen LogP contribution is -2.65. The lowest BCUT2D eigenvalue weighted by atomic mass is 9.93. The lowest BCUT2D eigenvalue weighted by molar-refractivity contribution is -0.147. The van der Waals surface area contributed by atoms with Gasteiger partial charge in [0.15, 0.2) is 11.8 Å². The fourth-order valence-electron chi connectivity index (χ4n) is 6.45. The summed E-state index contributed by atoms with van der Waals surface area (Å²) >= 11 is 0. The number of aromatic nitrogens is 1. The zero-order valence-electron chi connectivity index (χ0n) is 29.1. The third-order valence-corrected chi connectivity index (χ3v) is 9.58. The standard InChI is InChI=1S/C36H51N5O8/c1-5-7-21-49-29(42)19-10-8-9-16-26-33(44)39-31(32(43)25-22-41(48-4)27-17-12-11-15-24(25)27)35(46)38-30(23(3)6-2)36(47)40-20-14-13-18-28(40)34(45)37-26/h11-12,15,17,22-23,26,28,30-31H,5-10,13-14,16,18-21H2,1-4H3,(H,37,45)(H,38,46)(H,39,44)/t23?,26-,28+,30-,31-/m0/s1. The molecule has 2 aliphatic heterocycles. The summed E-state index contributed by atoms with van der Waals surface area (Å²) in [5.74, 6) is -3.62. The van der Waals surface area contributed by atoms with Crippen molar-refractivity contribution in [1.29, 1.82) is 0 Å². The Balaban J connectivity index is 1.64. The van der Waals surface area contributed by atoms with Crippen LogP contribution in [0.3, 0.4) is 0 Å². The number of para-hydroxylation sites is 1. The number of ketones is 1. The van der Waals surface area contributed by atoms with Gasteiger partial charge in [0.2, 0.25) is 17.7 Å². The van der Waals surface area contributed by atoms with E-state index in [0.717, 1.165) is 19.3 Å². The summed E-state index contributed by atoms with van der Waals surface area (Å²) in [5, 5.41) is 8.80. The Morgan fingerprint density at radius 1 is 0.939 bits per heavy atom. The van der Waals surface area contributed by atoms with Gasteiger partial charge in [0.25, 0.3) is 5.91 Å². The van der Waals surface area contributed by atoms with Gasteiger partial charge < -0.3 is 30.4 Å². The van der Waals surface area contributed by atoms with Crippen LogP contribution < -0.4 is 20.8 Å². The van der Waals surface area contributed by atoms with Crippen LogP contribution in [0.25, 0.3) is 10.9 Å². The first kappa shape index (κ1) is 37.4. The number of hydrogen-bond acceptors (Lipinski definition) is 8. The highest BCUT2D eigenvalue weighted by Crippen LogP contribution is 2.24. The molecule has 2 fully saturated rings. The summed E-state index contributed by atoms with van der Waals surface area (Å²) in [6.45, 7) is 6.47. The predicted octanol–water partition coefficient (Wildman–Crippen LogP) is 3.07. The molecule has 1 aromatic heterocycles. The van der Waals surface area contributed by atoms with Gasteiger partial charge in [-0.15, -0.1) is 0 Å². The van der Waals surface area contributed by atoms with E-state index in [2.05, 4.69) is 16.0 Å². The maximum Gasteiger partial charge on any atom is 0.305 e. The number of piperidine rings is 1. The number of rotatable bonds is 14. The Labute approximate surface area is 287 Å². The number of amides is 4. The van der Waals surface area contributed by atoms with E-state index in [4.69, 9.17) is 9.57 Å². The number of Topliss-reactive ketones (excluding diaryl/α,β-unsaturated/α-hetero) is 1. The number of fused-ring (bicyclic) bond motifs is 2. The van der Waals surface area contributed by atoms with Crippen molar-refractivity contribution in [1.82, 2.24) is 25.6 Å². The maximum atomic E-state index is 14.2. The SMILES string of the molecule is CCCCOC(=O)CCCCC[C@@H]1NC(=O)[C@H]2CCCCN2C(=O)[C@H](C(C)CC)NC(=O)[C@H](C(=O)c2cn(OC)c3ccccc23)NC1=O. The number of ether oxygens (including phenoxy) is 1. The maximum absolute atomic E-state index is 14.2. The largest absolute Gasteiger partial charge is 0.466 e. The van der Waals surface area contributed by atoms with E-state index < -0.39 is 47.7 Å². The third kappa shape index (κ3) is 9.18. The molecular formula is C36H51N5O8. The molecule has 49 heavy (non-hydrogen) atoms. The summed E-state index contributed by atoms with van der Waals surface area (Å²) in [5.41, 5.74) is 0.746. The van der Waals surface area contributed by atoms with E-state index in [-0.39, 0.29) is 36.2 Å². The van der Waals surface area contributed by atoms with Crippen LogP contribution in [0.15, 0.2) is 30.5 Å². The lowest BCUT2D eigenvalue weighted by Gasteiger charge is -2.39. The number of carbonyl (C=O) groups excluding carboxylic acids is 6. The van der Waals surface area contributed by atoms with Crippen molar-refractivity contribution in [3.63, 3.8) is 0 Å². The van der Waals surface area contributed by atoms with E-state index in [1.807, 2.05) is 20.8 Å². The van der Waals surface area contributed by atoms with Crippen molar-refractivity contribution in [3.05, 3.63) is 36.0 Å². The number of carbonyl (C=O) groups is 6. The molecular weight excluding hydrogens is 630 g/mol. The molecule has 0 radical (unpaired) electrons. The van der Waals surface area contributed by atoms with Gasteiger partial charge in [-0.1, -0.05) is 64.7 Å². The monoisotopic (exact) mass is 681 g/mol. The van der Waals surface area contributed by atoms with Crippen molar-refractivity contribution < 1.29 is 38.3 Å². The summed E-state index contributed by atoms with van der Waals surface area (Å²) in [4.78, 5) is 89.1. The third-order valence-electron chi connectivity index (χ3n) is 9.58. The highest BCUT2D eigenvalue weighted by Gasteiger charge is 2.42. The molecule has 0 bridgehead atoms. The first-order valence-electron chi connectivity index (χ1n) is 17.7. The van der Waals surface area contributed by atoms with Gasteiger partial charge in [-0.25, -0.2) is 0 Å². The molecule has 1 unspecified atom stereocenters. The molecule has 13 nitrogen and oxygen atoms in total. The van der Waals surface area contributed by atoms with Crippen molar-refractivity contribution in [2.75, 3.05) is 20.3 Å². The molecule has 2 saturated heterocycles. The molecule has 3 heterocycles. The Morgan fingerprint density at radius 3 is 2.45 bits per heavy atom. The summed E-state index contributed by atoms with van der Waals surface area (Å²) in [6.07, 6.45) is 7.67. The summed E-state index contributed by atoms with van der Waals surface area (Å²) in [7, 11) is 1.45. The van der Waals surface area contributed by atoms with Gasteiger partial charge in [0, 0.05) is 23.9 Å². The highest BCUT2D eigenvalue weighted by atomic mass is 16.6. The fraction of sp³-hybridized carbons (Fsp3) is 0.611. The average Bonchev–Trinajstić information content (AvgIpc) is 3.49. The minimum absolute atomic E-state index is 0.152. The van der Waals surface area contributed by atoms with Crippen molar-refractivity contribution in [2.24, 2.45) is 5.92 Å². The topological polar surface area (TPSA) is 165 Å². The van der Waals surface area contributed by atoms with E-state index in [0.29, 0.717) is 62.6 Å². The molecule has 0 aliphatic carbocycles. The van der Waals surface area contributed by atoms with Crippen LogP contribution in [-0.2, 0) is 28.7 Å². The van der Waals surface area contributed by atoms with Crippen molar-refractivity contribution in [2.45, 2.75) is 116 Å². The van der Waals surface area contributed by atoms with Crippen LogP contribution in [-0.4, -0.2) is 89.4 Å². The zero-order chi connectivity index (χ0) is 35.5. The summed E-state index contributed by atoms with van der Waals surface area (Å²) in [6, 6.07) is 2.43. The minimum atomic E-state index is -1.70. The molecule has 4 rings (SSSR count). The smallest absolute Gasteiger partial charge is 0.305 e. The number of esters is 1. The van der Waals surface area contributed by atoms with Crippen LogP contribution in [0.1, 0.15) is 102 Å². The van der Waals surface area contributed by atoms with Crippen molar-refractivity contribution in [3.8, 4) is 0 Å². The van der Waals surface area contributed by atoms with Crippen LogP contribution in [0, 0.1) is 5.92 Å². The number of unbranched alkanes of at least 4 members (excludes halogenated alkanes) is 3. The van der Waals surface area contributed by atoms with Gasteiger partial charge >= 0.3 is 5.97 Å². The normalized spacial score (nSPS) is 22.6. The van der Waals surface area contributed by atoms with E-state index in [1.165, 1.54) is 22.9 Å². The van der Waals surface area contributed by atoms with E-state index in [1.54, 1.807) is 24.3 Å². The summed E-state index contributed by atoms with van der Waals surface area (Å²) < 4.78 is 6.63. The molecule has 268 valence electrons. The van der Waals surface area contributed by atoms with Gasteiger partial charge in [0.1, 0.15) is 25.2 Å². The van der Waals surface area contributed by atoms with Gasteiger partial charge in [-0.2, -0.15) is 4.73 Å². The van der Waals surface area contributed by atoms with Gasteiger partial charge in [-0.3, -0.25) is 28.8 Å². The molecule has 3 N–H and O–H groups in total. The van der Waals surface area contributed by atoms with Crippen LogP contribution in [0.5, 0.6) is 0 Å². The van der Waals surface area contributed by atoms with Crippen LogP contribution in [0.4, 0.5) is 0 Å². The number of nitrogens with zero attached hydrogens (tertiary/aromatic N) is 2. The second-order valence-electron chi connectivity index (χ2n) is 13.0. The van der Waals surface area contributed by atoms with Crippen LogP contribution in [0.2, 0.25) is 0 Å². The molecule has 1 aromatic carbocycles. The molecule has 5 atom stereocenters. The molecule has 0 spiro atoms. The fourth-order valence-corrected chi connectivity index (χ4v) is 6.45. The average molecular weight is 682 g/mol. The zero-order valence-corrected chi connectivity index (χ0v) is 29.1. The second-order valence-corrected chi connectivity index (χ2v) is 13.0. The van der Waals surface area contributed by atoms with Gasteiger partial charge in [-0.05, 0) is 50.5 Å². The number of hydrogen-bond donors (Lipinski definition) is 3. The Hall–Kier alpha value is -4.42. The first-order chi connectivity index (χ1) is 23.6.